The van der Waals surface area contributed by atoms with Crippen LogP contribution in [0.5, 0.6) is 0 Å². The Bertz CT molecular complexity index is 160. The van der Waals surface area contributed by atoms with Gasteiger partial charge in [0.15, 0.2) is 0 Å². The second-order valence-corrected chi connectivity index (χ2v) is 3.68. The minimum absolute atomic E-state index is 0.0857. The summed E-state index contributed by atoms with van der Waals surface area (Å²) in [5.74, 6) is -0.0857. The largest absolute Gasteiger partial charge is 0.393 e. The van der Waals surface area contributed by atoms with Gasteiger partial charge in [0.1, 0.15) is 0 Å². The molecule has 4 N–H and O–H groups in total. The van der Waals surface area contributed by atoms with Gasteiger partial charge in [-0.1, -0.05) is 13.3 Å². The Morgan fingerprint density at radius 3 is 2.64 bits per heavy atom. The van der Waals surface area contributed by atoms with E-state index in [9.17, 15) is 4.79 Å². The second kappa shape index (κ2) is 7.76. The van der Waals surface area contributed by atoms with Crippen molar-refractivity contribution in [3.8, 4) is 0 Å². The molecule has 0 heterocycles. The number of aliphatic hydroxyl groups is 1. The zero-order chi connectivity index (χ0) is 11.0. The maximum absolute atomic E-state index is 11.3. The van der Waals surface area contributed by atoms with Crippen molar-refractivity contribution in [2.45, 2.75) is 51.7 Å². The van der Waals surface area contributed by atoms with E-state index in [0.29, 0.717) is 13.0 Å². The summed E-state index contributed by atoms with van der Waals surface area (Å²) in [5, 5.41) is 11.7. The molecular formula is C10H22N2O2. The summed E-state index contributed by atoms with van der Waals surface area (Å²) in [6, 6.07) is -0.383. The molecule has 0 aromatic rings. The van der Waals surface area contributed by atoms with E-state index in [0.717, 1.165) is 19.3 Å². The van der Waals surface area contributed by atoms with Gasteiger partial charge in [-0.2, -0.15) is 0 Å². The highest BCUT2D eigenvalue weighted by Gasteiger charge is 2.10. The number of aliphatic hydroxyl groups excluding tert-OH is 1. The van der Waals surface area contributed by atoms with E-state index < -0.39 is 0 Å². The highest BCUT2D eigenvalue weighted by Crippen LogP contribution is 1.95. The molecule has 1 unspecified atom stereocenters. The third-order valence-corrected chi connectivity index (χ3v) is 2.03. The van der Waals surface area contributed by atoms with Gasteiger partial charge in [-0.05, 0) is 26.2 Å². The predicted molar refractivity (Wildman–Crippen MR) is 56.8 cm³/mol. The van der Waals surface area contributed by atoms with E-state index in [2.05, 4.69) is 5.32 Å². The molecule has 14 heavy (non-hydrogen) atoms. The lowest BCUT2D eigenvalue weighted by Crippen LogP contribution is -2.40. The normalized spacial score (nSPS) is 14.9. The molecule has 0 rings (SSSR count). The molecule has 4 nitrogen and oxygen atoms in total. The summed E-state index contributed by atoms with van der Waals surface area (Å²) in [4.78, 5) is 11.3. The second-order valence-electron chi connectivity index (χ2n) is 3.68. The van der Waals surface area contributed by atoms with Crippen LogP contribution in [0.25, 0.3) is 0 Å². The molecule has 0 saturated carbocycles. The third-order valence-electron chi connectivity index (χ3n) is 2.03. The average molecular weight is 202 g/mol. The van der Waals surface area contributed by atoms with Crippen LogP contribution >= 0.6 is 0 Å². The van der Waals surface area contributed by atoms with Gasteiger partial charge in [0.25, 0.3) is 0 Å². The molecule has 4 heteroatoms. The highest BCUT2D eigenvalue weighted by molar-refractivity contribution is 5.81. The quantitative estimate of drug-likeness (QED) is 0.523. The number of nitrogens with two attached hydrogens (primary N) is 1. The smallest absolute Gasteiger partial charge is 0.236 e. The molecule has 0 saturated heterocycles. The average Bonchev–Trinajstić information content (AvgIpc) is 2.12. The van der Waals surface area contributed by atoms with Crippen molar-refractivity contribution in [1.82, 2.24) is 5.32 Å². The Kier molecular flexibility index (Phi) is 7.42. The molecule has 84 valence electrons. The monoisotopic (exact) mass is 202 g/mol. The molecule has 2 atom stereocenters. The van der Waals surface area contributed by atoms with Crippen LogP contribution < -0.4 is 11.1 Å². The van der Waals surface area contributed by atoms with Crippen molar-refractivity contribution in [3.05, 3.63) is 0 Å². The van der Waals surface area contributed by atoms with Crippen molar-refractivity contribution in [3.63, 3.8) is 0 Å². The van der Waals surface area contributed by atoms with Crippen molar-refractivity contribution >= 4 is 5.91 Å². The molecule has 0 aliphatic heterocycles. The summed E-state index contributed by atoms with van der Waals surface area (Å²) in [6.45, 7) is 4.34. The first-order valence-corrected chi connectivity index (χ1v) is 5.29. The van der Waals surface area contributed by atoms with Crippen molar-refractivity contribution < 1.29 is 9.90 Å². The van der Waals surface area contributed by atoms with Crippen molar-refractivity contribution in [2.24, 2.45) is 5.73 Å². The number of carbonyl (C=O) groups excluding carboxylic acids is 1. The first-order valence-electron chi connectivity index (χ1n) is 5.29. The number of amides is 1. The summed E-state index contributed by atoms with van der Waals surface area (Å²) in [7, 11) is 0. The zero-order valence-corrected chi connectivity index (χ0v) is 9.12. The molecule has 0 bridgehead atoms. The van der Waals surface area contributed by atoms with Gasteiger partial charge < -0.3 is 16.2 Å². The Balaban J connectivity index is 3.44. The lowest BCUT2D eigenvalue weighted by Gasteiger charge is -2.11. The fourth-order valence-corrected chi connectivity index (χ4v) is 1.18. The number of rotatable bonds is 7. The lowest BCUT2D eigenvalue weighted by molar-refractivity contribution is -0.122. The highest BCUT2D eigenvalue weighted by atomic mass is 16.3. The maximum atomic E-state index is 11.3. The Morgan fingerprint density at radius 1 is 1.50 bits per heavy atom. The predicted octanol–water partition coefficient (Wildman–Crippen LogP) is 0.391. The molecule has 0 aliphatic carbocycles. The van der Waals surface area contributed by atoms with Crippen LogP contribution in [0.15, 0.2) is 0 Å². The molecule has 0 aliphatic rings. The lowest BCUT2D eigenvalue weighted by atomic mass is 10.1. The van der Waals surface area contributed by atoms with Crippen LogP contribution in [-0.4, -0.2) is 29.7 Å². The fourth-order valence-electron chi connectivity index (χ4n) is 1.18. The van der Waals surface area contributed by atoms with E-state index >= 15 is 0 Å². The van der Waals surface area contributed by atoms with Gasteiger partial charge >= 0.3 is 0 Å². The fraction of sp³-hybridized carbons (Fsp3) is 0.900. The zero-order valence-electron chi connectivity index (χ0n) is 9.12. The van der Waals surface area contributed by atoms with Crippen LogP contribution in [0.1, 0.15) is 39.5 Å². The number of carbonyl (C=O) groups is 1. The van der Waals surface area contributed by atoms with Crippen LogP contribution in [0.3, 0.4) is 0 Å². The molecule has 1 amide bonds. The van der Waals surface area contributed by atoms with Gasteiger partial charge in [-0.3, -0.25) is 4.79 Å². The van der Waals surface area contributed by atoms with Crippen molar-refractivity contribution in [2.75, 3.05) is 6.54 Å². The van der Waals surface area contributed by atoms with E-state index in [4.69, 9.17) is 10.8 Å². The Labute approximate surface area is 85.9 Å². The molecule has 0 spiro atoms. The topological polar surface area (TPSA) is 75.4 Å². The number of hydrogen-bond acceptors (Lipinski definition) is 3. The Hall–Kier alpha value is -0.610. The molecule has 0 radical (unpaired) electrons. The first kappa shape index (κ1) is 13.4. The number of hydrogen-bond donors (Lipinski definition) is 3. The first-order chi connectivity index (χ1) is 6.57. The summed E-state index contributed by atoms with van der Waals surface area (Å²) < 4.78 is 0. The van der Waals surface area contributed by atoms with E-state index in [1.807, 2.05) is 6.92 Å². The number of nitrogens with one attached hydrogen (secondary N) is 1. The summed E-state index contributed by atoms with van der Waals surface area (Å²) >= 11 is 0. The van der Waals surface area contributed by atoms with Gasteiger partial charge in [-0.25, -0.2) is 0 Å². The SMILES string of the molecule is CCC[C@@H](N)C(=O)NCCCC(C)O. The molecule has 0 aromatic heterocycles. The summed E-state index contributed by atoms with van der Waals surface area (Å²) in [6.07, 6.45) is 2.85. The van der Waals surface area contributed by atoms with Crippen molar-refractivity contribution in [1.29, 1.82) is 0 Å². The van der Waals surface area contributed by atoms with Gasteiger partial charge in [0.2, 0.25) is 5.91 Å². The van der Waals surface area contributed by atoms with E-state index in [1.165, 1.54) is 0 Å². The van der Waals surface area contributed by atoms with Crippen LogP contribution in [0, 0.1) is 0 Å². The van der Waals surface area contributed by atoms with Crippen LogP contribution in [-0.2, 0) is 4.79 Å². The maximum Gasteiger partial charge on any atom is 0.236 e. The minimum Gasteiger partial charge on any atom is -0.393 e. The van der Waals surface area contributed by atoms with Gasteiger partial charge in [0.05, 0.1) is 12.1 Å². The third kappa shape index (κ3) is 6.86. The van der Waals surface area contributed by atoms with E-state index in [-0.39, 0.29) is 18.1 Å². The standard InChI is InChI=1S/C10H22N2O2/c1-3-5-9(11)10(14)12-7-4-6-8(2)13/h8-9,13H,3-7,11H2,1-2H3,(H,12,14)/t8?,9-/m1/s1. The van der Waals surface area contributed by atoms with E-state index in [1.54, 1.807) is 6.92 Å². The molecular weight excluding hydrogens is 180 g/mol. The Morgan fingerprint density at radius 2 is 2.14 bits per heavy atom. The van der Waals surface area contributed by atoms with Crippen LogP contribution in [0.2, 0.25) is 0 Å². The molecule has 0 aromatic carbocycles. The van der Waals surface area contributed by atoms with Gasteiger partial charge in [0, 0.05) is 6.54 Å². The summed E-state index contributed by atoms with van der Waals surface area (Å²) in [5.41, 5.74) is 5.61. The van der Waals surface area contributed by atoms with Crippen LogP contribution in [0.4, 0.5) is 0 Å². The minimum atomic E-state index is -0.383. The van der Waals surface area contributed by atoms with Gasteiger partial charge in [-0.15, -0.1) is 0 Å². The molecule has 0 fully saturated rings.